The van der Waals surface area contributed by atoms with Gasteiger partial charge in [-0.3, -0.25) is 19.2 Å². The maximum Gasteiger partial charge on any atom is 0.241 e. The Bertz CT molecular complexity index is 787. The molecule has 0 aromatic heterocycles. The van der Waals surface area contributed by atoms with Gasteiger partial charge in [0, 0.05) is 37.7 Å². The van der Waals surface area contributed by atoms with E-state index in [9.17, 15) is 19.2 Å². The van der Waals surface area contributed by atoms with Crippen molar-refractivity contribution < 1.29 is 23.9 Å². The molecular formula is C20H26N4O5. The summed E-state index contributed by atoms with van der Waals surface area (Å²) in [5.41, 5.74) is 6.01. The predicted octanol–water partition coefficient (Wildman–Crippen LogP) is -0.112. The lowest BCUT2D eigenvalue weighted by molar-refractivity contribution is -0.136. The van der Waals surface area contributed by atoms with Gasteiger partial charge in [-0.1, -0.05) is 0 Å². The van der Waals surface area contributed by atoms with Crippen molar-refractivity contribution in [2.24, 2.45) is 17.6 Å². The Kier molecular flexibility index (Phi) is 6.36. The van der Waals surface area contributed by atoms with Gasteiger partial charge < -0.3 is 25.6 Å². The van der Waals surface area contributed by atoms with Crippen LogP contribution in [0.3, 0.4) is 0 Å². The molecular weight excluding hydrogens is 376 g/mol. The van der Waals surface area contributed by atoms with Crippen LogP contribution in [-0.4, -0.2) is 61.8 Å². The van der Waals surface area contributed by atoms with Gasteiger partial charge in [-0.15, -0.1) is 0 Å². The number of carbonyl (C=O) groups is 4. The molecule has 2 fully saturated rings. The average molecular weight is 402 g/mol. The Morgan fingerprint density at radius 1 is 1.14 bits per heavy atom. The fourth-order valence-electron chi connectivity index (χ4n) is 3.73. The Hall–Kier alpha value is -3.10. The molecule has 1 atom stereocenters. The Morgan fingerprint density at radius 3 is 2.38 bits per heavy atom. The maximum absolute atomic E-state index is 12.5. The number of methoxy groups -OCH3 is 1. The highest BCUT2D eigenvalue weighted by atomic mass is 16.5. The number of likely N-dealkylation sites (tertiary alicyclic amines) is 1. The van der Waals surface area contributed by atoms with E-state index in [1.807, 2.05) is 0 Å². The molecule has 4 amide bonds. The molecule has 2 aliphatic heterocycles. The number of piperidine rings is 1. The van der Waals surface area contributed by atoms with E-state index < -0.39 is 5.92 Å². The molecule has 29 heavy (non-hydrogen) atoms. The standard InChI is InChI=1S/C20H26N4O5/c1-29-16-4-2-15(3-5-16)24-12-14(10-17(24)25)20(28)22-11-18(26)23-8-6-13(7-9-23)19(21)27/h2-5,13-14H,6-12H2,1H3,(H2,21,27)(H,22,28)/t14-/m0/s1. The van der Waals surface area contributed by atoms with Gasteiger partial charge in [0.15, 0.2) is 0 Å². The van der Waals surface area contributed by atoms with Gasteiger partial charge in [0.05, 0.1) is 19.6 Å². The first-order valence-electron chi connectivity index (χ1n) is 9.68. The highest BCUT2D eigenvalue weighted by molar-refractivity contribution is 6.00. The van der Waals surface area contributed by atoms with E-state index >= 15 is 0 Å². The number of hydrogen-bond donors (Lipinski definition) is 2. The van der Waals surface area contributed by atoms with Crippen LogP contribution in [0.5, 0.6) is 5.75 Å². The van der Waals surface area contributed by atoms with Crippen LogP contribution in [0.25, 0.3) is 0 Å². The topological polar surface area (TPSA) is 122 Å². The summed E-state index contributed by atoms with van der Waals surface area (Å²) in [7, 11) is 1.57. The van der Waals surface area contributed by atoms with Gasteiger partial charge in [0.25, 0.3) is 0 Å². The Morgan fingerprint density at radius 2 is 1.79 bits per heavy atom. The zero-order valence-corrected chi connectivity index (χ0v) is 16.4. The molecule has 3 rings (SSSR count). The van der Waals surface area contributed by atoms with Crippen molar-refractivity contribution in [3.8, 4) is 5.75 Å². The van der Waals surface area contributed by atoms with Gasteiger partial charge in [0.2, 0.25) is 23.6 Å². The van der Waals surface area contributed by atoms with Crippen LogP contribution in [0.1, 0.15) is 19.3 Å². The van der Waals surface area contributed by atoms with Crippen LogP contribution in [0.4, 0.5) is 5.69 Å². The van der Waals surface area contributed by atoms with E-state index in [1.165, 1.54) is 0 Å². The van der Waals surface area contributed by atoms with Crippen molar-refractivity contribution >= 4 is 29.3 Å². The molecule has 2 heterocycles. The quantitative estimate of drug-likeness (QED) is 0.687. The fourth-order valence-corrected chi connectivity index (χ4v) is 3.73. The third-order valence-electron chi connectivity index (χ3n) is 5.54. The van der Waals surface area contributed by atoms with E-state index in [0.29, 0.717) is 37.4 Å². The first kappa shape index (κ1) is 20.6. The number of nitrogens with two attached hydrogens (primary N) is 1. The summed E-state index contributed by atoms with van der Waals surface area (Å²) < 4.78 is 5.11. The number of benzene rings is 1. The second kappa shape index (κ2) is 8.93. The molecule has 0 aliphatic carbocycles. The smallest absolute Gasteiger partial charge is 0.241 e. The van der Waals surface area contributed by atoms with E-state index in [1.54, 1.807) is 41.2 Å². The van der Waals surface area contributed by atoms with E-state index in [2.05, 4.69) is 5.32 Å². The second-order valence-electron chi connectivity index (χ2n) is 7.38. The largest absolute Gasteiger partial charge is 0.497 e. The monoisotopic (exact) mass is 402 g/mol. The zero-order valence-electron chi connectivity index (χ0n) is 16.4. The predicted molar refractivity (Wildman–Crippen MR) is 105 cm³/mol. The lowest BCUT2D eigenvalue weighted by Gasteiger charge is -2.30. The van der Waals surface area contributed by atoms with Crippen molar-refractivity contribution in [2.45, 2.75) is 19.3 Å². The molecule has 1 aromatic carbocycles. The van der Waals surface area contributed by atoms with Crippen molar-refractivity contribution in [1.29, 1.82) is 0 Å². The summed E-state index contributed by atoms with van der Waals surface area (Å²) in [6.07, 6.45) is 1.20. The summed E-state index contributed by atoms with van der Waals surface area (Å²) in [5.74, 6) is -0.978. The third-order valence-corrected chi connectivity index (χ3v) is 5.54. The van der Waals surface area contributed by atoms with Crippen molar-refractivity contribution in [3.05, 3.63) is 24.3 Å². The summed E-state index contributed by atoms with van der Waals surface area (Å²) in [4.78, 5) is 51.5. The molecule has 2 aliphatic rings. The number of amides is 4. The molecule has 0 bridgehead atoms. The molecule has 2 saturated heterocycles. The molecule has 1 aromatic rings. The highest BCUT2D eigenvalue weighted by Crippen LogP contribution is 2.27. The number of carbonyl (C=O) groups excluding carboxylic acids is 4. The molecule has 9 nitrogen and oxygen atoms in total. The van der Waals surface area contributed by atoms with Crippen LogP contribution in [-0.2, 0) is 19.2 Å². The number of nitrogens with zero attached hydrogens (tertiary/aromatic N) is 2. The zero-order chi connectivity index (χ0) is 21.0. The molecule has 0 unspecified atom stereocenters. The van der Waals surface area contributed by atoms with Crippen molar-refractivity contribution in [3.63, 3.8) is 0 Å². The normalized spacial score (nSPS) is 19.9. The molecule has 156 valence electrons. The van der Waals surface area contributed by atoms with Crippen LogP contribution < -0.4 is 20.7 Å². The molecule has 0 saturated carbocycles. The average Bonchev–Trinajstić information content (AvgIpc) is 3.13. The van der Waals surface area contributed by atoms with Crippen molar-refractivity contribution in [1.82, 2.24) is 10.2 Å². The van der Waals surface area contributed by atoms with Gasteiger partial charge in [-0.05, 0) is 37.1 Å². The number of hydrogen-bond acceptors (Lipinski definition) is 5. The minimum atomic E-state index is -0.502. The number of ether oxygens (including phenoxy) is 1. The van der Waals surface area contributed by atoms with Crippen LogP contribution in [0.15, 0.2) is 24.3 Å². The Labute approximate surface area is 169 Å². The minimum Gasteiger partial charge on any atom is -0.497 e. The van der Waals surface area contributed by atoms with Crippen LogP contribution >= 0.6 is 0 Å². The first-order chi connectivity index (χ1) is 13.9. The van der Waals surface area contributed by atoms with Gasteiger partial charge in [-0.2, -0.15) is 0 Å². The van der Waals surface area contributed by atoms with E-state index in [4.69, 9.17) is 10.5 Å². The summed E-state index contributed by atoms with van der Waals surface area (Å²) >= 11 is 0. The second-order valence-corrected chi connectivity index (χ2v) is 7.38. The summed E-state index contributed by atoms with van der Waals surface area (Å²) in [5, 5.41) is 2.65. The maximum atomic E-state index is 12.5. The highest BCUT2D eigenvalue weighted by Gasteiger charge is 2.35. The third kappa shape index (κ3) is 4.85. The SMILES string of the molecule is COc1ccc(N2C[C@@H](C(=O)NCC(=O)N3CCC(C(N)=O)CC3)CC2=O)cc1. The fraction of sp³-hybridized carbons (Fsp3) is 0.500. The van der Waals surface area contributed by atoms with Gasteiger partial charge >= 0.3 is 0 Å². The Balaban J connectivity index is 1.48. The number of rotatable bonds is 6. The van der Waals surface area contributed by atoms with E-state index in [-0.39, 0.29) is 49.1 Å². The van der Waals surface area contributed by atoms with Gasteiger partial charge in [0.1, 0.15) is 5.75 Å². The first-order valence-corrected chi connectivity index (χ1v) is 9.68. The van der Waals surface area contributed by atoms with Crippen LogP contribution in [0.2, 0.25) is 0 Å². The number of nitrogens with one attached hydrogen (secondary N) is 1. The summed E-state index contributed by atoms with van der Waals surface area (Å²) in [6, 6.07) is 7.07. The minimum absolute atomic E-state index is 0.107. The number of primary amides is 1. The molecule has 9 heteroatoms. The van der Waals surface area contributed by atoms with E-state index in [0.717, 1.165) is 0 Å². The van der Waals surface area contributed by atoms with Crippen LogP contribution in [0, 0.1) is 11.8 Å². The van der Waals surface area contributed by atoms with Crippen molar-refractivity contribution in [2.75, 3.05) is 38.2 Å². The number of anilines is 1. The summed E-state index contributed by atoms with van der Waals surface area (Å²) in [6.45, 7) is 1.06. The molecule has 0 radical (unpaired) electrons. The van der Waals surface area contributed by atoms with Gasteiger partial charge in [-0.25, -0.2) is 0 Å². The lowest BCUT2D eigenvalue weighted by atomic mass is 9.96. The molecule has 3 N–H and O–H groups in total. The lowest BCUT2D eigenvalue weighted by Crippen LogP contribution is -2.46. The molecule has 0 spiro atoms.